The van der Waals surface area contributed by atoms with Crippen molar-refractivity contribution in [1.82, 2.24) is 14.9 Å². The van der Waals surface area contributed by atoms with Gasteiger partial charge in [0.15, 0.2) is 0 Å². The minimum absolute atomic E-state index is 0. The molecule has 0 aliphatic heterocycles. The Kier molecular flexibility index (Phi) is 9.56. The number of H-pyrrole nitrogens is 1. The molecule has 0 aliphatic carbocycles. The van der Waals surface area contributed by atoms with E-state index < -0.39 is 0 Å². The molecule has 1 aromatic heterocycles. The second kappa shape index (κ2) is 9.69. The molecule has 21 heavy (non-hydrogen) atoms. The van der Waals surface area contributed by atoms with Crippen molar-refractivity contribution in [3.63, 3.8) is 0 Å². The van der Waals surface area contributed by atoms with Gasteiger partial charge in [0.2, 0.25) is 0 Å². The summed E-state index contributed by atoms with van der Waals surface area (Å²) in [7, 11) is 0. The number of rotatable bonds is 6. The lowest BCUT2D eigenvalue weighted by Gasteiger charge is -2.18. The number of aliphatic hydroxyl groups excluding tert-OH is 2. The largest absolute Gasteiger partial charge is 0.395 e. The van der Waals surface area contributed by atoms with E-state index in [2.05, 4.69) is 9.97 Å². The standard InChI is InChI=1S/C12H15Cl2N3O2.2ClH/c13-8-5-10-11(6-9(8)14)16-12(15-10)7-17(1-3-18)2-4-19;;/h5-6,18-19H,1-4,7H2,(H,15,16);2*1H. The van der Waals surface area contributed by atoms with Crippen LogP contribution in [0, 0.1) is 0 Å². The number of fused-ring (bicyclic) bond motifs is 1. The Balaban J connectivity index is 0.00000200. The van der Waals surface area contributed by atoms with E-state index in [1.54, 1.807) is 12.1 Å². The molecular weight excluding hydrogens is 360 g/mol. The lowest BCUT2D eigenvalue weighted by atomic mass is 10.3. The summed E-state index contributed by atoms with van der Waals surface area (Å²) < 4.78 is 0. The van der Waals surface area contributed by atoms with Crippen LogP contribution in [0.2, 0.25) is 10.0 Å². The van der Waals surface area contributed by atoms with Gasteiger partial charge in [0.25, 0.3) is 0 Å². The van der Waals surface area contributed by atoms with Crippen LogP contribution in [0.25, 0.3) is 11.0 Å². The number of nitrogens with zero attached hydrogens (tertiary/aromatic N) is 2. The summed E-state index contributed by atoms with van der Waals surface area (Å²) in [5.41, 5.74) is 1.56. The highest BCUT2D eigenvalue weighted by atomic mass is 35.5. The Morgan fingerprint density at radius 1 is 1.05 bits per heavy atom. The molecule has 0 aliphatic rings. The molecule has 0 spiro atoms. The number of aromatic nitrogens is 2. The molecular formula is C12H17Cl4N3O2. The van der Waals surface area contributed by atoms with Crippen molar-refractivity contribution < 1.29 is 10.2 Å². The van der Waals surface area contributed by atoms with E-state index in [4.69, 9.17) is 33.4 Å². The van der Waals surface area contributed by atoms with Crippen molar-refractivity contribution >= 4 is 59.0 Å². The van der Waals surface area contributed by atoms with E-state index in [9.17, 15) is 0 Å². The molecule has 9 heteroatoms. The summed E-state index contributed by atoms with van der Waals surface area (Å²) in [5.74, 6) is 0.746. The zero-order valence-corrected chi connectivity index (χ0v) is 14.2. The van der Waals surface area contributed by atoms with Gasteiger partial charge in [-0.3, -0.25) is 4.90 Å². The average molecular weight is 377 g/mol. The Hall–Kier alpha value is -0.270. The van der Waals surface area contributed by atoms with Crippen LogP contribution in [-0.2, 0) is 6.54 Å². The molecule has 0 unspecified atom stereocenters. The zero-order valence-electron chi connectivity index (χ0n) is 11.1. The third-order valence-corrected chi connectivity index (χ3v) is 3.50. The molecule has 3 N–H and O–H groups in total. The lowest BCUT2D eigenvalue weighted by molar-refractivity contribution is 0.154. The number of halogens is 4. The Morgan fingerprint density at radius 2 is 1.62 bits per heavy atom. The molecule has 0 atom stereocenters. The zero-order chi connectivity index (χ0) is 13.8. The first kappa shape index (κ1) is 20.7. The molecule has 0 radical (unpaired) electrons. The molecule has 0 bridgehead atoms. The number of imidazole rings is 1. The molecule has 0 amide bonds. The van der Waals surface area contributed by atoms with E-state index in [1.165, 1.54) is 0 Å². The Bertz CT molecular complexity index is 520. The van der Waals surface area contributed by atoms with Crippen molar-refractivity contribution in [2.24, 2.45) is 0 Å². The fourth-order valence-electron chi connectivity index (χ4n) is 1.90. The average Bonchev–Trinajstić information content (AvgIpc) is 2.72. The number of aliphatic hydroxyl groups is 2. The van der Waals surface area contributed by atoms with Crippen LogP contribution >= 0.6 is 48.0 Å². The molecule has 2 rings (SSSR count). The van der Waals surface area contributed by atoms with Gasteiger partial charge in [-0.2, -0.15) is 0 Å². The van der Waals surface area contributed by atoms with Crippen molar-refractivity contribution in [3.05, 3.63) is 28.0 Å². The van der Waals surface area contributed by atoms with Crippen LogP contribution in [0.4, 0.5) is 0 Å². The van der Waals surface area contributed by atoms with Gasteiger partial charge in [-0.15, -0.1) is 24.8 Å². The molecule has 0 saturated carbocycles. The topological polar surface area (TPSA) is 72.4 Å². The molecule has 1 heterocycles. The molecule has 120 valence electrons. The number of aromatic amines is 1. The molecule has 0 saturated heterocycles. The van der Waals surface area contributed by atoms with Gasteiger partial charge in [0, 0.05) is 13.1 Å². The molecule has 1 aromatic carbocycles. The van der Waals surface area contributed by atoms with Crippen LogP contribution in [-0.4, -0.2) is 51.4 Å². The highest BCUT2D eigenvalue weighted by molar-refractivity contribution is 6.42. The van der Waals surface area contributed by atoms with E-state index in [-0.39, 0.29) is 38.0 Å². The summed E-state index contributed by atoms with van der Waals surface area (Å²) in [6.45, 7) is 1.57. The second-order valence-corrected chi connectivity index (χ2v) is 5.00. The van der Waals surface area contributed by atoms with Crippen molar-refractivity contribution in [2.45, 2.75) is 6.54 Å². The SMILES string of the molecule is Cl.Cl.OCCN(CCO)Cc1nc2cc(Cl)c(Cl)cc2[nH]1. The third-order valence-electron chi connectivity index (χ3n) is 2.78. The Morgan fingerprint density at radius 3 is 2.19 bits per heavy atom. The van der Waals surface area contributed by atoms with Crippen molar-refractivity contribution in [1.29, 1.82) is 0 Å². The van der Waals surface area contributed by atoms with E-state index in [0.29, 0.717) is 29.7 Å². The first-order valence-electron chi connectivity index (χ1n) is 5.91. The second-order valence-electron chi connectivity index (χ2n) is 4.19. The monoisotopic (exact) mass is 375 g/mol. The van der Waals surface area contributed by atoms with Crippen molar-refractivity contribution in [2.75, 3.05) is 26.3 Å². The van der Waals surface area contributed by atoms with Gasteiger partial charge in [-0.25, -0.2) is 4.98 Å². The number of nitrogens with one attached hydrogen (secondary N) is 1. The van der Waals surface area contributed by atoms with E-state index >= 15 is 0 Å². The predicted octanol–water partition coefficient (Wildman–Crippen LogP) is 2.50. The minimum Gasteiger partial charge on any atom is -0.395 e. The van der Waals surface area contributed by atoms with Gasteiger partial charge >= 0.3 is 0 Å². The van der Waals surface area contributed by atoms with Crippen LogP contribution < -0.4 is 0 Å². The maximum Gasteiger partial charge on any atom is 0.121 e. The summed E-state index contributed by atoms with van der Waals surface area (Å²) >= 11 is 11.9. The van der Waals surface area contributed by atoms with Gasteiger partial charge < -0.3 is 15.2 Å². The summed E-state index contributed by atoms with van der Waals surface area (Å²) in [6, 6.07) is 3.44. The van der Waals surface area contributed by atoms with Gasteiger partial charge in [0.1, 0.15) is 5.82 Å². The summed E-state index contributed by atoms with van der Waals surface area (Å²) in [4.78, 5) is 9.47. The fourth-order valence-corrected chi connectivity index (χ4v) is 2.22. The van der Waals surface area contributed by atoms with E-state index in [0.717, 1.165) is 16.9 Å². The van der Waals surface area contributed by atoms with E-state index in [1.807, 2.05) is 4.90 Å². The fraction of sp³-hybridized carbons (Fsp3) is 0.417. The maximum absolute atomic E-state index is 8.97. The quantitative estimate of drug-likeness (QED) is 0.724. The maximum atomic E-state index is 8.97. The summed E-state index contributed by atoms with van der Waals surface area (Å²) in [5, 5.41) is 18.9. The van der Waals surface area contributed by atoms with Crippen LogP contribution in [0.15, 0.2) is 12.1 Å². The number of hydrogen-bond acceptors (Lipinski definition) is 4. The van der Waals surface area contributed by atoms with Crippen LogP contribution in [0.5, 0.6) is 0 Å². The molecule has 0 fully saturated rings. The van der Waals surface area contributed by atoms with Gasteiger partial charge in [-0.05, 0) is 12.1 Å². The lowest BCUT2D eigenvalue weighted by Crippen LogP contribution is -2.29. The molecule has 2 aromatic rings. The van der Waals surface area contributed by atoms with Crippen LogP contribution in [0.3, 0.4) is 0 Å². The van der Waals surface area contributed by atoms with Gasteiger partial charge in [0.05, 0.1) is 40.8 Å². The third kappa shape index (κ3) is 5.45. The van der Waals surface area contributed by atoms with Crippen LogP contribution in [0.1, 0.15) is 5.82 Å². The normalized spacial score (nSPS) is 10.5. The van der Waals surface area contributed by atoms with Crippen molar-refractivity contribution in [3.8, 4) is 0 Å². The Labute approximate surface area is 145 Å². The number of hydrogen-bond donors (Lipinski definition) is 3. The first-order chi connectivity index (χ1) is 9.13. The number of benzene rings is 1. The minimum atomic E-state index is 0. The molecule has 5 nitrogen and oxygen atoms in total. The van der Waals surface area contributed by atoms with Gasteiger partial charge in [-0.1, -0.05) is 23.2 Å². The predicted molar refractivity (Wildman–Crippen MR) is 90.1 cm³/mol. The highest BCUT2D eigenvalue weighted by Crippen LogP contribution is 2.26. The first-order valence-corrected chi connectivity index (χ1v) is 6.67. The summed E-state index contributed by atoms with van der Waals surface area (Å²) in [6.07, 6.45) is 0. The highest BCUT2D eigenvalue weighted by Gasteiger charge is 2.10. The smallest absolute Gasteiger partial charge is 0.121 e.